The molecule has 0 atom stereocenters. The fourth-order valence-corrected chi connectivity index (χ4v) is 2.12. The largest absolute Gasteiger partial charge is 0.476 e. The van der Waals surface area contributed by atoms with E-state index in [1.54, 1.807) is 0 Å². The van der Waals surface area contributed by atoms with Gasteiger partial charge in [0.15, 0.2) is 0 Å². The lowest BCUT2D eigenvalue weighted by molar-refractivity contribution is -0.385. The van der Waals surface area contributed by atoms with E-state index in [0.717, 1.165) is 31.9 Å². The maximum atomic E-state index is 11.0. The highest BCUT2D eigenvalue weighted by atomic mass is 16.6. The van der Waals surface area contributed by atoms with Crippen molar-refractivity contribution in [2.75, 3.05) is 0 Å². The Bertz CT molecular complexity index is 434. The Hall–Kier alpha value is -1.92. The molecular formula is C9H11N3O4. The molecule has 0 bridgehead atoms. The number of rotatable bonds is 3. The first-order chi connectivity index (χ1) is 7.61. The lowest BCUT2D eigenvalue weighted by Gasteiger charge is -2.10. The van der Waals surface area contributed by atoms with E-state index in [4.69, 9.17) is 5.11 Å². The maximum Gasteiger partial charge on any atom is 0.361 e. The second-order valence-electron chi connectivity index (χ2n) is 3.82. The van der Waals surface area contributed by atoms with Crippen LogP contribution in [0.4, 0.5) is 5.69 Å². The first-order valence-electron chi connectivity index (χ1n) is 5.06. The molecule has 1 aliphatic rings. The van der Waals surface area contributed by atoms with E-state index in [-0.39, 0.29) is 11.7 Å². The van der Waals surface area contributed by atoms with Crippen molar-refractivity contribution in [3.63, 3.8) is 0 Å². The summed E-state index contributed by atoms with van der Waals surface area (Å²) in [6.07, 6.45) is 4.70. The van der Waals surface area contributed by atoms with Gasteiger partial charge < -0.3 is 5.11 Å². The molecule has 1 N–H and O–H groups in total. The van der Waals surface area contributed by atoms with Crippen molar-refractivity contribution in [2.24, 2.45) is 0 Å². The zero-order valence-corrected chi connectivity index (χ0v) is 8.50. The van der Waals surface area contributed by atoms with Crippen molar-refractivity contribution < 1.29 is 14.8 Å². The van der Waals surface area contributed by atoms with Gasteiger partial charge in [0.1, 0.15) is 6.20 Å². The molecule has 16 heavy (non-hydrogen) atoms. The monoisotopic (exact) mass is 225 g/mol. The number of aromatic carboxylic acids is 1. The molecular weight excluding hydrogens is 214 g/mol. The van der Waals surface area contributed by atoms with Gasteiger partial charge in [0.2, 0.25) is 5.69 Å². The van der Waals surface area contributed by atoms with Crippen LogP contribution in [0.1, 0.15) is 42.2 Å². The predicted octanol–water partition coefficient (Wildman–Crippen LogP) is 1.60. The van der Waals surface area contributed by atoms with Crippen molar-refractivity contribution in [2.45, 2.75) is 31.7 Å². The molecule has 1 saturated carbocycles. The van der Waals surface area contributed by atoms with Gasteiger partial charge in [-0.25, -0.2) is 9.48 Å². The normalized spacial score (nSPS) is 16.5. The van der Waals surface area contributed by atoms with E-state index in [2.05, 4.69) is 5.10 Å². The summed E-state index contributed by atoms with van der Waals surface area (Å²) in [7, 11) is 0. The van der Waals surface area contributed by atoms with Crippen LogP contribution < -0.4 is 0 Å². The average molecular weight is 225 g/mol. The molecule has 86 valence electrons. The van der Waals surface area contributed by atoms with Crippen molar-refractivity contribution in [3.05, 3.63) is 22.0 Å². The van der Waals surface area contributed by atoms with Crippen molar-refractivity contribution in [3.8, 4) is 0 Å². The fourth-order valence-electron chi connectivity index (χ4n) is 2.12. The number of aromatic nitrogens is 2. The second kappa shape index (κ2) is 3.92. The van der Waals surface area contributed by atoms with Gasteiger partial charge in [0.05, 0.1) is 11.0 Å². The highest BCUT2D eigenvalue weighted by molar-refractivity contribution is 5.90. The van der Waals surface area contributed by atoms with E-state index in [1.165, 1.54) is 4.68 Å². The summed E-state index contributed by atoms with van der Waals surface area (Å²) in [5.74, 6) is -1.30. The van der Waals surface area contributed by atoms with E-state index >= 15 is 0 Å². The summed E-state index contributed by atoms with van der Waals surface area (Å²) in [6, 6.07) is -0.0141. The van der Waals surface area contributed by atoms with Gasteiger partial charge in [-0.05, 0) is 12.8 Å². The SMILES string of the molecule is O=C(O)c1c([N+](=O)[O-])cnn1C1CCCC1. The number of hydrogen-bond acceptors (Lipinski definition) is 4. The van der Waals surface area contributed by atoms with E-state index < -0.39 is 16.6 Å². The molecule has 0 saturated heterocycles. The Kier molecular flexibility index (Phi) is 2.59. The Morgan fingerprint density at radius 2 is 2.19 bits per heavy atom. The summed E-state index contributed by atoms with van der Waals surface area (Å²) in [6.45, 7) is 0. The molecule has 1 aliphatic carbocycles. The predicted molar refractivity (Wildman–Crippen MR) is 53.3 cm³/mol. The topological polar surface area (TPSA) is 98.3 Å². The number of carboxylic acids is 1. The van der Waals surface area contributed by atoms with Gasteiger partial charge in [0, 0.05) is 0 Å². The number of hydrogen-bond donors (Lipinski definition) is 1. The van der Waals surface area contributed by atoms with E-state index in [0.29, 0.717) is 0 Å². The van der Waals surface area contributed by atoms with Gasteiger partial charge in [-0.1, -0.05) is 12.8 Å². The molecule has 0 unspecified atom stereocenters. The molecule has 2 rings (SSSR count). The van der Waals surface area contributed by atoms with Crippen LogP contribution >= 0.6 is 0 Å². The van der Waals surface area contributed by atoms with Crippen molar-refractivity contribution >= 4 is 11.7 Å². The molecule has 7 nitrogen and oxygen atoms in total. The Balaban J connectivity index is 2.45. The standard InChI is InChI=1S/C9H11N3O4/c13-9(14)8-7(12(15)16)5-10-11(8)6-3-1-2-4-6/h5-6H,1-4H2,(H,13,14). The zero-order chi connectivity index (χ0) is 11.7. The highest BCUT2D eigenvalue weighted by Crippen LogP contribution is 2.32. The lowest BCUT2D eigenvalue weighted by atomic mass is 10.2. The highest BCUT2D eigenvalue weighted by Gasteiger charge is 2.31. The van der Waals surface area contributed by atoms with Crippen LogP contribution in [-0.2, 0) is 0 Å². The Morgan fingerprint density at radius 3 is 2.69 bits per heavy atom. The Labute approximate surface area is 90.8 Å². The first kappa shape index (κ1) is 10.6. The molecule has 1 fully saturated rings. The molecule has 1 heterocycles. The van der Waals surface area contributed by atoms with E-state index in [9.17, 15) is 14.9 Å². The fraction of sp³-hybridized carbons (Fsp3) is 0.556. The smallest absolute Gasteiger partial charge is 0.361 e. The van der Waals surface area contributed by atoms with Crippen LogP contribution in [0, 0.1) is 10.1 Å². The maximum absolute atomic E-state index is 11.0. The Morgan fingerprint density at radius 1 is 1.56 bits per heavy atom. The van der Waals surface area contributed by atoms with Crippen LogP contribution in [0.5, 0.6) is 0 Å². The minimum absolute atomic E-state index is 0.0141. The summed E-state index contributed by atoms with van der Waals surface area (Å²) < 4.78 is 1.29. The third-order valence-electron chi connectivity index (χ3n) is 2.85. The molecule has 0 spiro atoms. The van der Waals surface area contributed by atoms with Gasteiger partial charge >= 0.3 is 11.7 Å². The molecule has 0 aromatic carbocycles. The quantitative estimate of drug-likeness (QED) is 0.622. The second-order valence-corrected chi connectivity index (χ2v) is 3.82. The third-order valence-corrected chi connectivity index (χ3v) is 2.85. The van der Waals surface area contributed by atoms with E-state index in [1.807, 2.05) is 0 Å². The van der Waals surface area contributed by atoms with Crippen LogP contribution in [0.3, 0.4) is 0 Å². The van der Waals surface area contributed by atoms with Gasteiger partial charge in [-0.2, -0.15) is 5.10 Å². The minimum Gasteiger partial charge on any atom is -0.476 e. The van der Waals surface area contributed by atoms with Crippen LogP contribution in [-0.4, -0.2) is 25.8 Å². The van der Waals surface area contributed by atoms with Crippen LogP contribution in [0.2, 0.25) is 0 Å². The van der Waals surface area contributed by atoms with Crippen molar-refractivity contribution in [1.82, 2.24) is 9.78 Å². The summed E-state index contributed by atoms with van der Waals surface area (Å²) >= 11 is 0. The summed E-state index contributed by atoms with van der Waals surface area (Å²) in [4.78, 5) is 20.9. The molecule has 0 radical (unpaired) electrons. The van der Waals surface area contributed by atoms with Gasteiger partial charge in [0.25, 0.3) is 0 Å². The average Bonchev–Trinajstić information content (AvgIpc) is 2.85. The van der Waals surface area contributed by atoms with Gasteiger partial charge in [-0.3, -0.25) is 10.1 Å². The van der Waals surface area contributed by atoms with Crippen LogP contribution in [0.25, 0.3) is 0 Å². The van der Waals surface area contributed by atoms with Crippen LogP contribution in [0.15, 0.2) is 6.20 Å². The number of nitrogens with zero attached hydrogens (tertiary/aromatic N) is 3. The summed E-state index contributed by atoms with van der Waals surface area (Å²) in [5.41, 5.74) is -0.740. The third kappa shape index (κ3) is 1.64. The lowest BCUT2D eigenvalue weighted by Crippen LogP contribution is -2.15. The molecule has 1 aromatic rings. The minimum atomic E-state index is -1.30. The molecule has 0 amide bonds. The number of carbonyl (C=O) groups is 1. The zero-order valence-electron chi connectivity index (χ0n) is 8.50. The summed E-state index contributed by atoms with van der Waals surface area (Å²) in [5, 5.41) is 23.5. The number of nitro groups is 1. The molecule has 1 aromatic heterocycles. The molecule has 7 heteroatoms. The van der Waals surface area contributed by atoms with Gasteiger partial charge in [-0.15, -0.1) is 0 Å². The van der Waals surface area contributed by atoms with Crippen molar-refractivity contribution in [1.29, 1.82) is 0 Å². The number of carboxylic acid groups (broad SMARTS) is 1. The molecule has 0 aliphatic heterocycles. The first-order valence-corrected chi connectivity index (χ1v) is 5.06.